The van der Waals surface area contributed by atoms with Crippen LogP contribution in [0.3, 0.4) is 0 Å². The SMILES string of the molecule is Cc1ccc(Oc2cc(NC(=O)C(C)n3nccc3C)cc([N+](=O)[O-])c2)cc1. The van der Waals surface area contributed by atoms with Crippen LogP contribution in [0.1, 0.15) is 24.2 Å². The molecule has 0 aliphatic rings. The molecule has 28 heavy (non-hydrogen) atoms. The Kier molecular flexibility index (Phi) is 5.39. The molecule has 1 unspecified atom stereocenters. The Bertz CT molecular complexity index is 1010. The lowest BCUT2D eigenvalue weighted by atomic mass is 10.2. The van der Waals surface area contributed by atoms with Crippen LogP contribution in [0.2, 0.25) is 0 Å². The van der Waals surface area contributed by atoms with Gasteiger partial charge in [-0.2, -0.15) is 5.10 Å². The second kappa shape index (κ2) is 7.91. The van der Waals surface area contributed by atoms with Gasteiger partial charge in [0.05, 0.1) is 16.7 Å². The number of nitro benzene ring substituents is 1. The number of amides is 1. The van der Waals surface area contributed by atoms with E-state index in [0.717, 1.165) is 11.3 Å². The first kappa shape index (κ1) is 19.1. The number of nitrogens with zero attached hydrogens (tertiary/aromatic N) is 3. The van der Waals surface area contributed by atoms with Crippen LogP contribution in [0.4, 0.5) is 11.4 Å². The maximum atomic E-state index is 12.6. The van der Waals surface area contributed by atoms with Gasteiger partial charge in [0.25, 0.3) is 5.69 Å². The fourth-order valence-corrected chi connectivity index (χ4v) is 2.71. The van der Waals surface area contributed by atoms with Crippen LogP contribution in [0.5, 0.6) is 11.5 Å². The summed E-state index contributed by atoms with van der Waals surface area (Å²) in [5.74, 6) is 0.466. The Morgan fingerprint density at radius 1 is 1.14 bits per heavy atom. The Morgan fingerprint density at radius 3 is 2.46 bits per heavy atom. The molecule has 1 aromatic heterocycles. The second-order valence-corrected chi connectivity index (χ2v) is 6.47. The number of carbonyl (C=O) groups is 1. The first-order valence-electron chi connectivity index (χ1n) is 8.68. The van der Waals surface area contributed by atoms with Crippen molar-refractivity contribution in [1.29, 1.82) is 0 Å². The van der Waals surface area contributed by atoms with Crippen molar-refractivity contribution in [1.82, 2.24) is 9.78 Å². The molecule has 0 radical (unpaired) electrons. The number of nitrogens with one attached hydrogen (secondary N) is 1. The number of rotatable bonds is 6. The predicted molar refractivity (Wildman–Crippen MR) is 105 cm³/mol. The quantitative estimate of drug-likeness (QED) is 0.505. The normalized spacial score (nSPS) is 11.7. The zero-order chi connectivity index (χ0) is 20.3. The van der Waals surface area contributed by atoms with E-state index in [4.69, 9.17) is 4.74 Å². The van der Waals surface area contributed by atoms with Crippen molar-refractivity contribution in [3.63, 3.8) is 0 Å². The van der Waals surface area contributed by atoms with E-state index in [1.165, 1.54) is 12.1 Å². The minimum absolute atomic E-state index is 0.178. The van der Waals surface area contributed by atoms with Crippen LogP contribution < -0.4 is 10.1 Å². The lowest BCUT2D eigenvalue weighted by molar-refractivity contribution is -0.384. The third-order valence-corrected chi connectivity index (χ3v) is 4.24. The molecule has 1 amide bonds. The van der Waals surface area contributed by atoms with E-state index in [2.05, 4.69) is 10.4 Å². The molecular weight excluding hydrogens is 360 g/mol. The lowest BCUT2D eigenvalue weighted by Gasteiger charge is -2.15. The largest absolute Gasteiger partial charge is 0.457 e. The summed E-state index contributed by atoms with van der Waals surface area (Å²) in [6.45, 7) is 5.50. The van der Waals surface area contributed by atoms with Crippen molar-refractivity contribution in [2.75, 3.05) is 5.32 Å². The highest BCUT2D eigenvalue weighted by Crippen LogP contribution is 2.30. The third-order valence-electron chi connectivity index (χ3n) is 4.24. The van der Waals surface area contributed by atoms with Crippen LogP contribution in [0.25, 0.3) is 0 Å². The highest BCUT2D eigenvalue weighted by molar-refractivity contribution is 5.94. The number of aromatic nitrogens is 2. The lowest BCUT2D eigenvalue weighted by Crippen LogP contribution is -2.25. The first-order valence-corrected chi connectivity index (χ1v) is 8.68. The Hall–Kier alpha value is -3.68. The summed E-state index contributed by atoms with van der Waals surface area (Å²) < 4.78 is 7.30. The Morgan fingerprint density at radius 2 is 1.86 bits per heavy atom. The van der Waals surface area contributed by atoms with E-state index in [1.54, 1.807) is 42.1 Å². The van der Waals surface area contributed by atoms with Gasteiger partial charge >= 0.3 is 0 Å². The second-order valence-electron chi connectivity index (χ2n) is 6.47. The zero-order valence-electron chi connectivity index (χ0n) is 15.7. The minimum Gasteiger partial charge on any atom is -0.457 e. The maximum absolute atomic E-state index is 12.6. The van der Waals surface area contributed by atoms with E-state index < -0.39 is 11.0 Å². The van der Waals surface area contributed by atoms with Gasteiger partial charge in [-0.1, -0.05) is 17.7 Å². The van der Waals surface area contributed by atoms with E-state index >= 15 is 0 Å². The Labute approximate surface area is 161 Å². The van der Waals surface area contributed by atoms with Crippen molar-refractivity contribution in [2.24, 2.45) is 0 Å². The molecule has 3 aromatic rings. The van der Waals surface area contributed by atoms with Crippen molar-refractivity contribution in [3.8, 4) is 11.5 Å². The Balaban J connectivity index is 1.84. The molecule has 144 valence electrons. The molecule has 0 spiro atoms. The van der Waals surface area contributed by atoms with E-state index in [0.29, 0.717) is 5.75 Å². The molecule has 0 aliphatic carbocycles. The van der Waals surface area contributed by atoms with Gasteiger partial charge in [-0.15, -0.1) is 0 Å². The molecule has 1 N–H and O–H groups in total. The van der Waals surface area contributed by atoms with Crippen LogP contribution in [-0.4, -0.2) is 20.6 Å². The van der Waals surface area contributed by atoms with Gasteiger partial charge in [0.15, 0.2) is 0 Å². The first-order chi connectivity index (χ1) is 13.3. The third kappa shape index (κ3) is 4.35. The van der Waals surface area contributed by atoms with E-state index in [1.807, 2.05) is 26.0 Å². The topological polar surface area (TPSA) is 99.3 Å². The fourth-order valence-electron chi connectivity index (χ4n) is 2.71. The molecule has 1 heterocycles. The number of ether oxygens (including phenoxy) is 1. The average Bonchev–Trinajstić information content (AvgIpc) is 3.08. The number of benzene rings is 2. The molecule has 1 atom stereocenters. The van der Waals surface area contributed by atoms with Crippen molar-refractivity contribution >= 4 is 17.3 Å². The van der Waals surface area contributed by atoms with Gasteiger partial charge in [0.1, 0.15) is 17.5 Å². The van der Waals surface area contributed by atoms with Gasteiger partial charge in [-0.05, 0) is 39.0 Å². The summed E-state index contributed by atoms with van der Waals surface area (Å²) in [4.78, 5) is 23.3. The smallest absolute Gasteiger partial charge is 0.275 e. The number of nitro groups is 1. The van der Waals surface area contributed by atoms with Gasteiger partial charge in [0, 0.05) is 24.0 Å². The molecule has 0 fully saturated rings. The standard InChI is InChI=1S/C20H20N4O4/c1-13-4-6-18(7-5-13)28-19-11-16(10-17(12-19)24(26)27)22-20(25)15(3)23-14(2)8-9-21-23/h4-12,15H,1-3H3,(H,22,25). The molecular formula is C20H20N4O4. The van der Waals surface area contributed by atoms with E-state index in [9.17, 15) is 14.9 Å². The summed E-state index contributed by atoms with van der Waals surface area (Å²) in [7, 11) is 0. The summed E-state index contributed by atoms with van der Waals surface area (Å²) >= 11 is 0. The molecule has 3 rings (SSSR count). The van der Waals surface area contributed by atoms with Gasteiger partial charge in [-0.25, -0.2) is 0 Å². The number of hydrogen-bond donors (Lipinski definition) is 1. The number of carbonyl (C=O) groups excluding carboxylic acids is 1. The summed E-state index contributed by atoms with van der Waals surface area (Å²) in [6, 6.07) is 12.7. The van der Waals surface area contributed by atoms with Crippen molar-refractivity contribution in [2.45, 2.75) is 26.8 Å². The maximum Gasteiger partial charge on any atom is 0.275 e. The van der Waals surface area contributed by atoms with Crippen LogP contribution in [-0.2, 0) is 4.79 Å². The molecule has 8 nitrogen and oxygen atoms in total. The number of aryl methyl sites for hydroxylation is 2. The molecule has 0 bridgehead atoms. The van der Waals surface area contributed by atoms with E-state index in [-0.39, 0.29) is 23.0 Å². The summed E-state index contributed by atoms with van der Waals surface area (Å²) in [6.07, 6.45) is 1.61. The highest BCUT2D eigenvalue weighted by Gasteiger charge is 2.19. The minimum atomic E-state index is -0.573. The molecule has 0 aliphatic heterocycles. The van der Waals surface area contributed by atoms with Crippen molar-refractivity contribution in [3.05, 3.63) is 76.1 Å². The van der Waals surface area contributed by atoms with Gasteiger partial charge < -0.3 is 10.1 Å². The highest BCUT2D eigenvalue weighted by atomic mass is 16.6. The molecule has 0 saturated heterocycles. The van der Waals surface area contributed by atoms with Gasteiger partial charge in [0.2, 0.25) is 5.91 Å². The monoisotopic (exact) mass is 380 g/mol. The number of anilines is 1. The van der Waals surface area contributed by atoms with Crippen molar-refractivity contribution < 1.29 is 14.5 Å². The summed E-state index contributed by atoms with van der Waals surface area (Å²) in [5, 5.41) is 18.1. The van der Waals surface area contributed by atoms with Crippen LogP contribution in [0.15, 0.2) is 54.7 Å². The number of non-ortho nitro benzene ring substituents is 1. The zero-order valence-corrected chi connectivity index (χ0v) is 15.7. The predicted octanol–water partition coefficient (Wildman–Crippen LogP) is 4.40. The molecule has 8 heteroatoms. The van der Waals surface area contributed by atoms with Gasteiger partial charge in [-0.3, -0.25) is 19.6 Å². The van der Waals surface area contributed by atoms with Crippen LogP contribution in [0, 0.1) is 24.0 Å². The molecule has 2 aromatic carbocycles. The number of hydrogen-bond acceptors (Lipinski definition) is 5. The summed E-state index contributed by atoms with van der Waals surface area (Å²) in [5.41, 5.74) is 2.01. The average molecular weight is 380 g/mol. The van der Waals surface area contributed by atoms with Crippen LogP contribution >= 0.6 is 0 Å². The fraction of sp³-hybridized carbons (Fsp3) is 0.200. The molecule has 0 saturated carbocycles.